The Morgan fingerprint density at radius 1 is 1.33 bits per heavy atom. The molecule has 1 aromatic carbocycles. The van der Waals surface area contributed by atoms with Gasteiger partial charge < -0.3 is 10.6 Å². The van der Waals surface area contributed by atoms with Crippen molar-refractivity contribution in [1.82, 2.24) is 15.5 Å². The van der Waals surface area contributed by atoms with E-state index < -0.39 is 6.04 Å². The van der Waals surface area contributed by atoms with Gasteiger partial charge in [-0.15, -0.1) is 0 Å². The fraction of sp³-hybridized carbons (Fsp3) is 0.450. The summed E-state index contributed by atoms with van der Waals surface area (Å²) in [6.07, 6.45) is 3.89. The summed E-state index contributed by atoms with van der Waals surface area (Å²) >= 11 is 6.05. The van der Waals surface area contributed by atoms with Crippen LogP contribution in [0.4, 0.5) is 5.69 Å². The van der Waals surface area contributed by atoms with E-state index >= 15 is 0 Å². The summed E-state index contributed by atoms with van der Waals surface area (Å²) in [5.74, 6) is -0.508. The van der Waals surface area contributed by atoms with Crippen LogP contribution in [0.3, 0.4) is 0 Å². The minimum atomic E-state index is -0.601. The Morgan fingerprint density at radius 2 is 2.15 bits per heavy atom. The quantitative estimate of drug-likeness (QED) is 0.740. The van der Waals surface area contributed by atoms with Gasteiger partial charge in [0.25, 0.3) is 5.91 Å². The van der Waals surface area contributed by atoms with Gasteiger partial charge in [-0.05, 0) is 61.3 Å². The van der Waals surface area contributed by atoms with E-state index in [4.69, 9.17) is 11.6 Å². The molecule has 1 atom stereocenters. The van der Waals surface area contributed by atoms with Gasteiger partial charge in [0.05, 0.1) is 0 Å². The predicted molar refractivity (Wildman–Crippen MR) is 104 cm³/mol. The predicted octanol–water partition coefficient (Wildman–Crippen LogP) is 3.26. The van der Waals surface area contributed by atoms with Crippen molar-refractivity contribution >= 4 is 29.1 Å². The number of hydrogen-bond donors (Lipinski definition) is 3. The van der Waals surface area contributed by atoms with Gasteiger partial charge in [-0.3, -0.25) is 14.7 Å². The number of nitrogens with zero attached hydrogens (tertiary/aromatic N) is 1. The molecular formula is C20H23ClN4O2. The van der Waals surface area contributed by atoms with Gasteiger partial charge in [0, 0.05) is 22.0 Å². The lowest BCUT2D eigenvalue weighted by Gasteiger charge is -2.29. The molecule has 7 heteroatoms. The second-order valence-corrected chi connectivity index (χ2v) is 8.66. The second-order valence-electron chi connectivity index (χ2n) is 8.23. The van der Waals surface area contributed by atoms with Gasteiger partial charge in [0.2, 0.25) is 5.91 Å². The summed E-state index contributed by atoms with van der Waals surface area (Å²) in [6, 6.07) is 4.80. The van der Waals surface area contributed by atoms with E-state index in [1.165, 1.54) is 0 Å². The van der Waals surface area contributed by atoms with Crippen molar-refractivity contribution in [1.29, 1.82) is 0 Å². The highest BCUT2D eigenvalue weighted by atomic mass is 35.5. The number of benzene rings is 1. The molecular weight excluding hydrogens is 364 g/mol. The van der Waals surface area contributed by atoms with Crippen LogP contribution >= 0.6 is 11.6 Å². The zero-order valence-electron chi connectivity index (χ0n) is 15.5. The topological polar surface area (TPSA) is 86.9 Å². The van der Waals surface area contributed by atoms with Crippen LogP contribution in [0.1, 0.15) is 54.0 Å². The summed E-state index contributed by atoms with van der Waals surface area (Å²) in [4.78, 5) is 25.4. The highest BCUT2D eigenvalue weighted by Gasteiger charge is 2.32. The van der Waals surface area contributed by atoms with Gasteiger partial charge in [0.15, 0.2) is 5.69 Å². The third-order valence-electron chi connectivity index (χ3n) is 5.52. The number of aromatic nitrogens is 2. The monoisotopic (exact) mass is 386 g/mol. The Balaban J connectivity index is 1.49. The van der Waals surface area contributed by atoms with Crippen LogP contribution in [0.15, 0.2) is 18.2 Å². The number of carbonyl (C=O) groups excluding carboxylic acids is 2. The molecule has 0 bridgehead atoms. The Kier molecular flexibility index (Phi) is 4.46. The molecule has 1 aliphatic carbocycles. The number of fused-ring (bicyclic) bond motifs is 2. The number of nitrogens with one attached hydrogen (secondary N) is 3. The SMILES string of the molecule is CC1(C)CCc2c(C(=O)N[C@H]3CCc4cc(Cl)ccc4NC3=O)n[nH]c2C1. The van der Waals surface area contributed by atoms with E-state index in [1.54, 1.807) is 12.1 Å². The molecule has 2 heterocycles. The van der Waals surface area contributed by atoms with E-state index in [-0.39, 0.29) is 17.2 Å². The molecule has 142 valence electrons. The summed E-state index contributed by atoms with van der Waals surface area (Å²) in [6.45, 7) is 4.44. The maximum atomic E-state index is 12.8. The average molecular weight is 387 g/mol. The first-order valence-electron chi connectivity index (χ1n) is 9.29. The Morgan fingerprint density at radius 3 is 2.96 bits per heavy atom. The number of rotatable bonds is 2. The van der Waals surface area contributed by atoms with E-state index in [0.717, 1.165) is 41.8 Å². The molecule has 0 saturated heterocycles. The Hall–Kier alpha value is -2.34. The van der Waals surface area contributed by atoms with Crippen LogP contribution in [-0.2, 0) is 24.1 Å². The summed E-state index contributed by atoms with van der Waals surface area (Å²) in [7, 11) is 0. The smallest absolute Gasteiger partial charge is 0.272 e. The van der Waals surface area contributed by atoms with Crippen molar-refractivity contribution in [2.45, 2.75) is 52.0 Å². The molecule has 6 nitrogen and oxygen atoms in total. The fourth-order valence-corrected chi connectivity index (χ4v) is 4.14. The lowest BCUT2D eigenvalue weighted by atomic mass is 9.76. The Bertz CT molecular complexity index is 919. The first kappa shape index (κ1) is 18.0. The molecule has 1 aromatic heterocycles. The second kappa shape index (κ2) is 6.68. The van der Waals surface area contributed by atoms with Crippen LogP contribution in [0, 0.1) is 5.41 Å². The molecule has 0 unspecified atom stereocenters. The standard InChI is InChI=1S/C20H23ClN4O2/c1-20(2)8-7-13-16(10-20)24-25-17(13)19(27)23-15-5-3-11-9-12(21)4-6-14(11)22-18(15)26/h4,6,9,15H,3,5,7-8,10H2,1-2H3,(H,22,26)(H,23,27)(H,24,25)/t15-/m0/s1. The molecule has 27 heavy (non-hydrogen) atoms. The van der Waals surface area contributed by atoms with Crippen molar-refractivity contribution in [3.05, 3.63) is 45.7 Å². The van der Waals surface area contributed by atoms with Gasteiger partial charge in [-0.1, -0.05) is 25.4 Å². The molecule has 2 aromatic rings. The number of aromatic amines is 1. The highest BCUT2D eigenvalue weighted by molar-refractivity contribution is 6.30. The number of halogens is 1. The molecule has 0 fully saturated rings. The molecule has 2 amide bonds. The molecule has 0 saturated carbocycles. The van der Waals surface area contributed by atoms with Gasteiger partial charge >= 0.3 is 0 Å². The number of amides is 2. The zero-order valence-corrected chi connectivity index (χ0v) is 16.2. The number of anilines is 1. The molecule has 3 N–H and O–H groups in total. The highest BCUT2D eigenvalue weighted by Crippen LogP contribution is 2.35. The molecule has 1 aliphatic heterocycles. The van der Waals surface area contributed by atoms with Crippen LogP contribution in [0.2, 0.25) is 5.02 Å². The van der Waals surface area contributed by atoms with Crippen LogP contribution < -0.4 is 10.6 Å². The lowest BCUT2D eigenvalue weighted by molar-refractivity contribution is -0.118. The minimum Gasteiger partial charge on any atom is -0.339 e. The summed E-state index contributed by atoms with van der Waals surface area (Å²) in [5.41, 5.74) is 4.37. The minimum absolute atomic E-state index is 0.210. The fourth-order valence-electron chi connectivity index (χ4n) is 3.94. The van der Waals surface area contributed by atoms with Gasteiger partial charge in [-0.25, -0.2) is 0 Å². The molecule has 0 radical (unpaired) electrons. The number of hydrogen-bond acceptors (Lipinski definition) is 3. The molecule has 0 spiro atoms. The first-order valence-corrected chi connectivity index (χ1v) is 9.66. The lowest BCUT2D eigenvalue weighted by Crippen LogP contribution is -2.43. The van der Waals surface area contributed by atoms with Crippen LogP contribution in [-0.4, -0.2) is 28.1 Å². The first-order chi connectivity index (χ1) is 12.8. The largest absolute Gasteiger partial charge is 0.339 e. The van der Waals surface area contributed by atoms with E-state index in [1.807, 2.05) is 6.07 Å². The maximum absolute atomic E-state index is 12.8. The Labute approximate surface area is 163 Å². The maximum Gasteiger partial charge on any atom is 0.272 e. The van der Waals surface area contributed by atoms with Crippen LogP contribution in [0.25, 0.3) is 0 Å². The van der Waals surface area contributed by atoms with Crippen molar-refractivity contribution in [2.75, 3.05) is 5.32 Å². The number of H-pyrrole nitrogens is 1. The van der Waals surface area contributed by atoms with Gasteiger partial charge in [-0.2, -0.15) is 5.10 Å². The normalized spacial score (nSPS) is 20.9. The van der Waals surface area contributed by atoms with Crippen LogP contribution in [0.5, 0.6) is 0 Å². The van der Waals surface area contributed by atoms with E-state index in [2.05, 4.69) is 34.7 Å². The third-order valence-corrected chi connectivity index (χ3v) is 5.76. The van der Waals surface area contributed by atoms with Crippen molar-refractivity contribution in [2.24, 2.45) is 5.41 Å². The zero-order chi connectivity index (χ0) is 19.2. The number of carbonyl (C=O) groups is 2. The summed E-state index contributed by atoms with van der Waals surface area (Å²) in [5, 5.41) is 13.6. The average Bonchev–Trinajstić information content (AvgIpc) is 2.95. The van der Waals surface area contributed by atoms with Crippen molar-refractivity contribution in [3.8, 4) is 0 Å². The molecule has 2 aliphatic rings. The number of aryl methyl sites for hydroxylation is 1. The summed E-state index contributed by atoms with van der Waals surface area (Å²) < 4.78 is 0. The van der Waals surface area contributed by atoms with E-state index in [9.17, 15) is 9.59 Å². The van der Waals surface area contributed by atoms with Crippen molar-refractivity contribution < 1.29 is 9.59 Å². The van der Waals surface area contributed by atoms with Gasteiger partial charge in [0.1, 0.15) is 6.04 Å². The van der Waals surface area contributed by atoms with E-state index in [0.29, 0.717) is 23.6 Å². The van der Waals surface area contributed by atoms with Crippen molar-refractivity contribution in [3.63, 3.8) is 0 Å². The molecule has 4 rings (SSSR count). The third kappa shape index (κ3) is 3.58.